The molecule has 1 aliphatic heterocycles. The van der Waals surface area contributed by atoms with E-state index >= 15 is 0 Å². The number of likely N-dealkylation sites (N-methyl/N-ethyl adjacent to an activating group) is 1. The van der Waals surface area contributed by atoms with Gasteiger partial charge in [0, 0.05) is 19.0 Å². The van der Waals surface area contributed by atoms with E-state index in [0.29, 0.717) is 18.5 Å². The van der Waals surface area contributed by atoms with Crippen LogP contribution in [0.25, 0.3) is 0 Å². The Morgan fingerprint density at radius 1 is 1.08 bits per heavy atom. The first-order chi connectivity index (χ1) is 11.5. The molecule has 1 aliphatic rings. The summed E-state index contributed by atoms with van der Waals surface area (Å²) >= 11 is 0. The fraction of sp³-hybridized carbons (Fsp3) is 0.300. The van der Waals surface area contributed by atoms with Crippen molar-refractivity contribution in [2.24, 2.45) is 5.16 Å². The van der Waals surface area contributed by atoms with Crippen LogP contribution < -0.4 is 0 Å². The average molecular weight is 322 g/mol. The summed E-state index contributed by atoms with van der Waals surface area (Å²) < 4.78 is 0. The molecule has 0 spiro atoms. The zero-order valence-corrected chi connectivity index (χ0v) is 14.3. The van der Waals surface area contributed by atoms with Gasteiger partial charge in [0.1, 0.15) is 0 Å². The quantitative estimate of drug-likeness (QED) is 0.863. The van der Waals surface area contributed by atoms with Crippen LogP contribution in [0.3, 0.4) is 0 Å². The van der Waals surface area contributed by atoms with Crippen LogP contribution in [-0.2, 0) is 4.84 Å². The van der Waals surface area contributed by atoms with Gasteiger partial charge in [-0.25, -0.2) is 0 Å². The second-order valence-corrected chi connectivity index (χ2v) is 6.39. The summed E-state index contributed by atoms with van der Waals surface area (Å²) in [6, 6.07) is 15.9. The van der Waals surface area contributed by atoms with Crippen molar-refractivity contribution >= 4 is 11.6 Å². The van der Waals surface area contributed by atoms with E-state index in [0.717, 1.165) is 16.8 Å². The van der Waals surface area contributed by atoms with Crippen LogP contribution in [0, 0.1) is 13.8 Å². The van der Waals surface area contributed by atoms with Crippen molar-refractivity contribution in [3.8, 4) is 0 Å². The van der Waals surface area contributed by atoms with Gasteiger partial charge in [-0.1, -0.05) is 52.7 Å². The molecule has 24 heavy (non-hydrogen) atoms. The number of rotatable bonds is 4. The van der Waals surface area contributed by atoms with Crippen molar-refractivity contribution in [2.75, 3.05) is 13.6 Å². The highest BCUT2D eigenvalue weighted by molar-refractivity contribution is 6.01. The predicted molar refractivity (Wildman–Crippen MR) is 95.3 cm³/mol. The van der Waals surface area contributed by atoms with E-state index in [9.17, 15) is 4.79 Å². The molecule has 0 aliphatic carbocycles. The van der Waals surface area contributed by atoms with Gasteiger partial charge >= 0.3 is 0 Å². The molecular weight excluding hydrogens is 300 g/mol. The van der Waals surface area contributed by atoms with E-state index in [2.05, 4.69) is 36.3 Å². The lowest BCUT2D eigenvalue weighted by atomic mass is 10.0. The lowest BCUT2D eigenvalue weighted by Crippen LogP contribution is -2.34. The normalized spacial score (nSPS) is 16.5. The lowest BCUT2D eigenvalue weighted by Gasteiger charge is -2.20. The molecule has 124 valence electrons. The molecule has 1 heterocycles. The number of oxime groups is 1. The number of aryl methyl sites for hydroxylation is 2. The zero-order valence-electron chi connectivity index (χ0n) is 14.3. The molecular formula is C20H22N2O2. The zero-order chi connectivity index (χ0) is 17.1. The minimum absolute atomic E-state index is 0.00221. The highest BCUT2D eigenvalue weighted by Gasteiger charge is 2.25. The van der Waals surface area contributed by atoms with Gasteiger partial charge in [0.15, 0.2) is 6.10 Å². The van der Waals surface area contributed by atoms with E-state index < -0.39 is 0 Å². The van der Waals surface area contributed by atoms with Gasteiger partial charge < -0.3 is 9.74 Å². The minimum atomic E-state index is -0.0966. The first kappa shape index (κ1) is 16.2. The third-order valence-electron chi connectivity index (χ3n) is 4.24. The molecule has 0 fully saturated rings. The van der Waals surface area contributed by atoms with E-state index in [1.54, 1.807) is 11.9 Å². The predicted octanol–water partition coefficient (Wildman–Crippen LogP) is 3.57. The third-order valence-corrected chi connectivity index (χ3v) is 4.24. The Labute approximate surface area is 142 Å². The summed E-state index contributed by atoms with van der Waals surface area (Å²) in [4.78, 5) is 19.7. The fourth-order valence-electron chi connectivity index (χ4n) is 2.75. The molecule has 3 rings (SSSR count). The number of carbonyl (C=O) groups excluding carboxylic acids is 1. The van der Waals surface area contributed by atoms with Gasteiger partial charge in [-0.2, -0.15) is 0 Å². The van der Waals surface area contributed by atoms with Crippen molar-refractivity contribution in [1.29, 1.82) is 0 Å². The van der Waals surface area contributed by atoms with Crippen molar-refractivity contribution in [3.05, 3.63) is 70.8 Å². The lowest BCUT2D eigenvalue weighted by molar-refractivity contribution is 0.0482. The average Bonchev–Trinajstić information content (AvgIpc) is 3.04. The van der Waals surface area contributed by atoms with Crippen molar-refractivity contribution in [3.63, 3.8) is 0 Å². The Morgan fingerprint density at radius 2 is 1.67 bits per heavy atom. The molecule has 0 N–H and O–H groups in total. The molecule has 1 atom stereocenters. The number of nitrogens with zero attached hydrogens (tertiary/aromatic N) is 2. The van der Waals surface area contributed by atoms with E-state index in [-0.39, 0.29) is 12.0 Å². The molecule has 1 unspecified atom stereocenters. The van der Waals surface area contributed by atoms with Crippen LogP contribution in [0.2, 0.25) is 0 Å². The van der Waals surface area contributed by atoms with Gasteiger partial charge in [0.2, 0.25) is 0 Å². The first-order valence-electron chi connectivity index (χ1n) is 8.15. The number of hydrogen-bond acceptors (Lipinski definition) is 3. The van der Waals surface area contributed by atoms with Gasteiger partial charge in [-0.15, -0.1) is 0 Å². The molecule has 0 aromatic heterocycles. The molecule has 1 amide bonds. The van der Waals surface area contributed by atoms with Crippen LogP contribution in [-0.4, -0.2) is 36.2 Å². The van der Waals surface area contributed by atoms with E-state index in [1.165, 1.54) is 5.56 Å². The van der Waals surface area contributed by atoms with Crippen LogP contribution in [0.15, 0.2) is 53.7 Å². The smallest absolute Gasteiger partial charge is 0.253 e. The second kappa shape index (κ2) is 6.87. The van der Waals surface area contributed by atoms with Crippen molar-refractivity contribution < 1.29 is 9.63 Å². The van der Waals surface area contributed by atoms with Crippen molar-refractivity contribution in [2.45, 2.75) is 26.4 Å². The Kier molecular flexibility index (Phi) is 4.65. The SMILES string of the molecule is Cc1ccc(C(=O)N(C)CC2CC(c3ccc(C)cc3)=NO2)cc1. The fourth-order valence-corrected chi connectivity index (χ4v) is 2.75. The first-order valence-corrected chi connectivity index (χ1v) is 8.15. The maximum atomic E-state index is 12.5. The third kappa shape index (κ3) is 3.65. The molecule has 0 saturated carbocycles. The topological polar surface area (TPSA) is 41.9 Å². The molecule has 4 nitrogen and oxygen atoms in total. The minimum Gasteiger partial charge on any atom is -0.390 e. The summed E-state index contributed by atoms with van der Waals surface area (Å²) in [5.41, 5.74) is 5.08. The maximum Gasteiger partial charge on any atom is 0.253 e. The number of hydrogen-bond donors (Lipinski definition) is 0. The van der Waals surface area contributed by atoms with Crippen LogP contribution in [0.5, 0.6) is 0 Å². The molecule has 2 aromatic carbocycles. The van der Waals surface area contributed by atoms with Crippen LogP contribution >= 0.6 is 0 Å². The molecule has 4 heteroatoms. The summed E-state index contributed by atoms with van der Waals surface area (Å²) in [6.45, 7) is 4.59. The van der Waals surface area contributed by atoms with Gasteiger partial charge in [0.25, 0.3) is 5.91 Å². The Hall–Kier alpha value is -2.62. The summed E-state index contributed by atoms with van der Waals surface area (Å²) in [5.74, 6) is 0.00221. The molecule has 0 bridgehead atoms. The standard InChI is InChI=1S/C20H22N2O2/c1-14-4-8-16(9-5-14)19-12-18(24-21-19)13-22(3)20(23)17-10-6-15(2)7-11-17/h4-11,18H,12-13H2,1-3H3. The van der Waals surface area contributed by atoms with Crippen LogP contribution in [0.1, 0.15) is 33.5 Å². The summed E-state index contributed by atoms with van der Waals surface area (Å²) in [7, 11) is 1.80. The Bertz CT molecular complexity index is 748. The molecule has 2 aromatic rings. The second-order valence-electron chi connectivity index (χ2n) is 6.39. The molecule has 0 saturated heterocycles. The maximum absolute atomic E-state index is 12.5. The largest absolute Gasteiger partial charge is 0.390 e. The highest BCUT2D eigenvalue weighted by atomic mass is 16.6. The molecule has 0 radical (unpaired) electrons. The summed E-state index contributed by atoms with van der Waals surface area (Å²) in [5, 5.41) is 4.19. The Morgan fingerprint density at radius 3 is 2.29 bits per heavy atom. The number of amides is 1. The summed E-state index contributed by atoms with van der Waals surface area (Å²) in [6.07, 6.45) is 0.620. The van der Waals surface area contributed by atoms with Gasteiger partial charge in [0.05, 0.1) is 12.3 Å². The van der Waals surface area contributed by atoms with Crippen molar-refractivity contribution in [1.82, 2.24) is 4.90 Å². The monoisotopic (exact) mass is 322 g/mol. The highest BCUT2D eigenvalue weighted by Crippen LogP contribution is 2.18. The van der Waals surface area contributed by atoms with Gasteiger partial charge in [-0.3, -0.25) is 4.79 Å². The number of carbonyl (C=O) groups is 1. The number of benzene rings is 2. The van der Waals surface area contributed by atoms with E-state index in [1.807, 2.05) is 31.2 Å². The van der Waals surface area contributed by atoms with Crippen LogP contribution in [0.4, 0.5) is 0 Å². The Balaban J connectivity index is 1.58. The van der Waals surface area contributed by atoms with E-state index in [4.69, 9.17) is 4.84 Å². The van der Waals surface area contributed by atoms with Gasteiger partial charge in [-0.05, 0) is 31.5 Å².